The molecule has 21 heavy (non-hydrogen) atoms. The second-order valence-electron chi connectivity index (χ2n) is 8.28. The van der Waals surface area contributed by atoms with Crippen molar-refractivity contribution in [2.24, 2.45) is 17.8 Å². The molecule has 1 aliphatic carbocycles. The molecule has 0 spiro atoms. The molecular weight excluding hydrogens is 264 g/mol. The van der Waals surface area contributed by atoms with Crippen LogP contribution in [-0.2, 0) is 4.74 Å². The summed E-state index contributed by atoms with van der Waals surface area (Å²) < 4.78 is 5.44. The molecular formula is C17H32N2O2. The zero-order chi connectivity index (χ0) is 15.8. The predicted molar refractivity (Wildman–Crippen MR) is 85.2 cm³/mol. The van der Waals surface area contributed by atoms with Crippen LogP contribution in [0.15, 0.2) is 0 Å². The zero-order valence-electron chi connectivity index (χ0n) is 14.5. The predicted octanol–water partition coefficient (Wildman–Crippen LogP) is 3.27. The summed E-state index contributed by atoms with van der Waals surface area (Å²) >= 11 is 0. The fraction of sp³-hybridized carbons (Fsp3) is 0.941. The van der Waals surface area contributed by atoms with Crippen molar-refractivity contribution in [3.05, 3.63) is 0 Å². The summed E-state index contributed by atoms with van der Waals surface area (Å²) in [7, 11) is 0. The standard InChI is InChI=1S/C17H32N2O2/c1-11(2)7-8-12(3)18-15-13-9-19(10-14(13)15)16(20)21-17(4,5)6/h11-15,18H,7-10H2,1-6H3. The molecule has 2 aliphatic rings. The molecule has 3 atom stereocenters. The highest BCUT2D eigenvalue weighted by molar-refractivity contribution is 5.69. The zero-order valence-corrected chi connectivity index (χ0v) is 14.5. The Balaban J connectivity index is 1.69. The van der Waals surface area contributed by atoms with Crippen molar-refractivity contribution in [3.8, 4) is 0 Å². The minimum atomic E-state index is -0.396. The fourth-order valence-electron chi connectivity index (χ4n) is 3.24. The molecule has 1 saturated carbocycles. The molecule has 4 heteroatoms. The van der Waals surface area contributed by atoms with Crippen molar-refractivity contribution in [2.45, 2.75) is 72.1 Å². The number of amides is 1. The van der Waals surface area contributed by atoms with Crippen LogP contribution in [0.4, 0.5) is 4.79 Å². The lowest BCUT2D eigenvalue weighted by atomic mass is 10.0. The second kappa shape index (κ2) is 6.15. The Bertz CT molecular complexity index is 363. The highest BCUT2D eigenvalue weighted by Gasteiger charge is 2.57. The third-order valence-corrected chi connectivity index (χ3v) is 4.50. The first-order valence-electron chi connectivity index (χ1n) is 8.41. The number of likely N-dealkylation sites (tertiary alicyclic amines) is 1. The Morgan fingerprint density at radius 3 is 2.24 bits per heavy atom. The molecule has 122 valence electrons. The van der Waals surface area contributed by atoms with E-state index >= 15 is 0 Å². The number of hydrogen-bond acceptors (Lipinski definition) is 3. The van der Waals surface area contributed by atoms with E-state index in [1.54, 1.807) is 0 Å². The minimum absolute atomic E-state index is 0.152. The molecule has 0 radical (unpaired) electrons. The summed E-state index contributed by atoms with van der Waals surface area (Å²) in [6.45, 7) is 14.3. The van der Waals surface area contributed by atoms with Gasteiger partial charge >= 0.3 is 6.09 Å². The van der Waals surface area contributed by atoms with Crippen molar-refractivity contribution in [1.82, 2.24) is 10.2 Å². The maximum absolute atomic E-state index is 12.0. The second-order valence-corrected chi connectivity index (χ2v) is 8.28. The van der Waals surface area contributed by atoms with E-state index in [9.17, 15) is 4.79 Å². The van der Waals surface area contributed by atoms with Crippen molar-refractivity contribution in [2.75, 3.05) is 13.1 Å². The summed E-state index contributed by atoms with van der Waals surface area (Å²) in [4.78, 5) is 13.9. The van der Waals surface area contributed by atoms with Crippen LogP contribution in [0.5, 0.6) is 0 Å². The van der Waals surface area contributed by atoms with Crippen LogP contribution in [-0.4, -0.2) is 41.8 Å². The summed E-state index contributed by atoms with van der Waals surface area (Å²) in [6, 6.07) is 1.20. The van der Waals surface area contributed by atoms with Crippen molar-refractivity contribution < 1.29 is 9.53 Å². The summed E-state index contributed by atoms with van der Waals surface area (Å²) in [5.41, 5.74) is -0.396. The van der Waals surface area contributed by atoms with Gasteiger partial charge in [-0.3, -0.25) is 0 Å². The molecule has 1 aliphatic heterocycles. The van der Waals surface area contributed by atoms with Crippen LogP contribution < -0.4 is 5.32 Å². The number of nitrogens with zero attached hydrogens (tertiary/aromatic N) is 1. The van der Waals surface area contributed by atoms with E-state index in [1.165, 1.54) is 12.8 Å². The molecule has 0 aromatic rings. The smallest absolute Gasteiger partial charge is 0.410 e. The van der Waals surface area contributed by atoms with Crippen LogP contribution in [0.3, 0.4) is 0 Å². The van der Waals surface area contributed by atoms with Gasteiger partial charge in [-0.05, 0) is 58.3 Å². The number of ether oxygens (including phenoxy) is 1. The van der Waals surface area contributed by atoms with Crippen LogP contribution in [0.1, 0.15) is 54.4 Å². The minimum Gasteiger partial charge on any atom is -0.444 e. The highest BCUT2D eigenvalue weighted by Crippen LogP contribution is 2.46. The molecule has 1 N–H and O–H groups in total. The first-order chi connectivity index (χ1) is 9.67. The quantitative estimate of drug-likeness (QED) is 0.846. The lowest BCUT2D eigenvalue weighted by molar-refractivity contribution is 0.0268. The third-order valence-electron chi connectivity index (χ3n) is 4.50. The van der Waals surface area contributed by atoms with Crippen molar-refractivity contribution in [3.63, 3.8) is 0 Å². The largest absolute Gasteiger partial charge is 0.444 e. The highest BCUT2D eigenvalue weighted by atomic mass is 16.6. The molecule has 2 rings (SSSR count). The van der Waals surface area contributed by atoms with Gasteiger partial charge in [0.05, 0.1) is 0 Å². The van der Waals surface area contributed by atoms with Gasteiger partial charge in [0.1, 0.15) is 5.60 Å². The van der Waals surface area contributed by atoms with E-state index in [-0.39, 0.29) is 6.09 Å². The van der Waals surface area contributed by atoms with E-state index in [2.05, 4.69) is 26.1 Å². The number of fused-ring (bicyclic) bond motifs is 1. The summed E-state index contributed by atoms with van der Waals surface area (Å²) in [5, 5.41) is 3.74. The van der Waals surface area contributed by atoms with Gasteiger partial charge in [-0.15, -0.1) is 0 Å². The van der Waals surface area contributed by atoms with E-state index in [1.807, 2.05) is 25.7 Å². The molecule has 3 unspecified atom stereocenters. The average Bonchev–Trinajstić information content (AvgIpc) is 2.80. The van der Waals surface area contributed by atoms with E-state index in [4.69, 9.17) is 4.74 Å². The number of nitrogens with one attached hydrogen (secondary N) is 1. The maximum Gasteiger partial charge on any atom is 0.410 e. The molecule has 0 aromatic heterocycles. The third kappa shape index (κ3) is 4.60. The van der Waals surface area contributed by atoms with Gasteiger partial charge in [-0.25, -0.2) is 4.79 Å². The van der Waals surface area contributed by atoms with Gasteiger partial charge in [0, 0.05) is 25.2 Å². The first-order valence-corrected chi connectivity index (χ1v) is 8.41. The maximum atomic E-state index is 12.0. The topological polar surface area (TPSA) is 41.6 Å². The van der Waals surface area contributed by atoms with Gasteiger partial charge in [-0.2, -0.15) is 0 Å². The van der Waals surface area contributed by atoms with Crippen LogP contribution in [0.25, 0.3) is 0 Å². The van der Waals surface area contributed by atoms with Gasteiger partial charge in [0.15, 0.2) is 0 Å². The number of rotatable bonds is 5. The normalized spacial score (nSPS) is 29.5. The lowest BCUT2D eigenvalue weighted by Gasteiger charge is -2.26. The van der Waals surface area contributed by atoms with Crippen molar-refractivity contribution >= 4 is 6.09 Å². The van der Waals surface area contributed by atoms with Crippen molar-refractivity contribution in [1.29, 1.82) is 0 Å². The number of piperidine rings is 1. The number of carbonyl (C=O) groups is 1. The van der Waals surface area contributed by atoms with Gasteiger partial charge in [0.2, 0.25) is 0 Å². The summed E-state index contributed by atoms with van der Waals surface area (Å²) in [5.74, 6) is 2.05. The Morgan fingerprint density at radius 2 is 1.76 bits per heavy atom. The molecule has 0 aromatic carbocycles. The number of hydrogen-bond donors (Lipinski definition) is 1. The molecule has 2 fully saturated rings. The Hall–Kier alpha value is -0.770. The van der Waals surface area contributed by atoms with Crippen LogP contribution in [0, 0.1) is 17.8 Å². The first kappa shape index (κ1) is 16.6. The summed E-state index contributed by atoms with van der Waals surface area (Å²) in [6.07, 6.45) is 2.37. The molecule has 1 saturated heterocycles. The Labute approximate surface area is 129 Å². The SMILES string of the molecule is CC(C)CCC(C)NC1C2CN(C(=O)OC(C)(C)C)CC21. The van der Waals surface area contributed by atoms with E-state index in [0.29, 0.717) is 23.9 Å². The van der Waals surface area contributed by atoms with E-state index in [0.717, 1.165) is 19.0 Å². The Kier molecular flexibility index (Phi) is 4.86. The monoisotopic (exact) mass is 296 g/mol. The number of carbonyl (C=O) groups excluding carboxylic acids is 1. The molecule has 1 amide bonds. The van der Waals surface area contributed by atoms with Gasteiger partial charge in [0.25, 0.3) is 0 Å². The van der Waals surface area contributed by atoms with Gasteiger partial charge < -0.3 is 15.0 Å². The molecule has 4 nitrogen and oxygen atoms in total. The van der Waals surface area contributed by atoms with Crippen LogP contribution >= 0.6 is 0 Å². The molecule has 0 bridgehead atoms. The lowest BCUT2D eigenvalue weighted by Crippen LogP contribution is -2.40. The van der Waals surface area contributed by atoms with E-state index < -0.39 is 5.60 Å². The molecule has 1 heterocycles. The van der Waals surface area contributed by atoms with Gasteiger partial charge in [-0.1, -0.05) is 13.8 Å². The Morgan fingerprint density at radius 1 is 1.19 bits per heavy atom. The fourth-order valence-corrected chi connectivity index (χ4v) is 3.24. The average molecular weight is 296 g/mol. The van der Waals surface area contributed by atoms with Crippen LogP contribution in [0.2, 0.25) is 0 Å².